The molecule has 0 spiro atoms. The summed E-state index contributed by atoms with van der Waals surface area (Å²) in [4.78, 5) is 29.5. The number of nitrogens with zero attached hydrogens (tertiary/aromatic N) is 2. The number of hydrogen-bond donors (Lipinski definition) is 0. The second-order valence-electron chi connectivity index (χ2n) is 8.66. The van der Waals surface area contributed by atoms with Crippen molar-refractivity contribution < 1.29 is 14.3 Å². The monoisotopic (exact) mass is 318 g/mol. The van der Waals surface area contributed by atoms with Crippen molar-refractivity contribution in [3.8, 4) is 0 Å². The zero-order valence-electron chi connectivity index (χ0n) is 13.9. The molecule has 4 saturated carbocycles. The van der Waals surface area contributed by atoms with Crippen molar-refractivity contribution in [3.63, 3.8) is 0 Å². The smallest absolute Gasteiger partial charge is 0.320 e. The number of rotatable bonds is 2. The van der Waals surface area contributed by atoms with Crippen molar-refractivity contribution in [2.45, 2.75) is 57.0 Å². The average molecular weight is 318 g/mol. The van der Waals surface area contributed by atoms with Crippen molar-refractivity contribution >= 4 is 12.0 Å². The van der Waals surface area contributed by atoms with Crippen LogP contribution in [0.3, 0.4) is 0 Å². The lowest BCUT2D eigenvalue weighted by Crippen LogP contribution is -2.61. The maximum absolute atomic E-state index is 12.8. The Bertz CT molecular complexity index is 546. The molecule has 5 heteroatoms. The summed E-state index contributed by atoms with van der Waals surface area (Å²) in [5.74, 6) is 1.68. The van der Waals surface area contributed by atoms with Crippen molar-refractivity contribution in [2.75, 3.05) is 20.2 Å². The Morgan fingerprint density at radius 1 is 1.17 bits per heavy atom. The zero-order valence-corrected chi connectivity index (χ0v) is 13.9. The van der Waals surface area contributed by atoms with Gasteiger partial charge in [0.05, 0.1) is 18.6 Å². The Hall–Kier alpha value is -1.26. The van der Waals surface area contributed by atoms with E-state index in [-0.39, 0.29) is 17.4 Å². The highest BCUT2D eigenvalue weighted by molar-refractivity contribution is 5.79. The van der Waals surface area contributed by atoms with Crippen molar-refractivity contribution in [2.24, 2.45) is 23.2 Å². The van der Waals surface area contributed by atoms with Crippen LogP contribution >= 0.6 is 0 Å². The number of ether oxygens (including phenoxy) is 1. The van der Waals surface area contributed by atoms with Crippen LogP contribution in [-0.2, 0) is 9.53 Å². The number of carbonyl (C=O) groups is 2. The molecule has 6 aliphatic rings. The molecule has 0 aromatic rings. The first-order valence-corrected chi connectivity index (χ1v) is 9.27. The fourth-order valence-electron chi connectivity index (χ4n) is 6.97. The molecule has 0 N–H and O–H groups in total. The minimum Gasteiger partial charge on any atom is -0.469 e. The van der Waals surface area contributed by atoms with Gasteiger partial charge in [-0.25, -0.2) is 4.79 Å². The van der Waals surface area contributed by atoms with Crippen LogP contribution in [0.5, 0.6) is 0 Å². The van der Waals surface area contributed by atoms with Crippen molar-refractivity contribution in [1.82, 2.24) is 9.80 Å². The van der Waals surface area contributed by atoms with E-state index in [9.17, 15) is 9.59 Å². The Balaban J connectivity index is 1.42. The molecular weight excluding hydrogens is 292 g/mol. The normalized spacial score (nSPS) is 47.3. The van der Waals surface area contributed by atoms with Gasteiger partial charge in [-0.15, -0.1) is 0 Å². The van der Waals surface area contributed by atoms with Gasteiger partial charge in [0.25, 0.3) is 0 Å². The molecular formula is C18H26N2O3. The summed E-state index contributed by atoms with van der Waals surface area (Å²) in [7, 11) is 1.52. The quantitative estimate of drug-likeness (QED) is 0.734. The van der Waals surface area contributed by atoms with E-state index in [0.29, 0.717) is 29.8 Å². The summed E-state index contributed by atoms with van der Waals surface area (Å²) in [5, 5.41) is 0. The molecule has 6 rings (SSSR count). The molecule has 3 unspecified atom stereocenters. The second kappa shape index (κ2) is 4.64. The lowest BCUT2D eigenvalue weighted by molar-refractivity contribution is -0.174. The molecule has 2 aliphatic heterocycles. The van der Waals surface area contributed by atoms with Crippen LogP contribution in [0.1, 0.15) is 44.9 Å². The van der Waals surface area contributed by atoms with E-state index in [1.54, 1.807) is 0 Å². The fraction of sp³-hybridized carbons (Fsp3) is 0.889. The standard InChI is InChI=1S/C18H26N2O3/c1-23-16(21)18-7-11-5-12(8-18)15(13(6-11)9-18)20-10-14-3-2-4-19(14)17(20)22/h11-15H,2-10H2,1H3. The third-order valence-corrected chi connectivity index (χ3v) is 7.48. The highest BCUT2D eigenvalue weighted by Crippen LogP contribution is 2.61. The van der Waals surface area contributed by atoms with E-state index < -0.39 is 0 Å². The topological polar surface area (TPSA) is 49.9 Å². The molecule has 126 valence electrons. The van der Waals surface area contributed by atoms with Crippen LogP contribution in [0.4, 0.5) is 4.79 Å². The third-order valence-electron chi connectivity index (χ3n) is 7.48. The van der Waals surface area contributed by atoms with Crippen molar-refractivity contribution in [3.05, 3.63) is 0 Å². The van der Waals surface area contributed by atoms with Crippen LogP contribution in [-0.4, -0.2) is 54.1 Å². The van der Waals surface area contributed by atoms with Gasteiger partial charge in [0, 0.05) is 19.1 Å². The molecule has 6 fully saturated rings. The molecule has 0 radical (unpaired) electrons. The van der Waals surface area contributed by atoms with E-state index in [0.717, 1.165) is 38.8 Å². The predicted octanol–water partition coefficient (Wildman–Crippen LogP) is 2.25. The van der Waals surface area contributed by atoms with E-state index in [4.69, 9.17) is 4.74 Å². The van der Waals surface area contributed by atoms with Gasteiger partial charge >= 0.3 is 12.0 Å². The molecule has 0 aromatic heterocycles. The Kier molecular flexibility index (Phi) is 2.85. The highest BCUT2D eigenvalue weighted by atomic mass is 16.5. The Morgan fingerprint density at radius 2 is 1.91 bits per heavy atom. The van der Waals surface area contributed by atoms with Gasteiger partial charge in [-0.3, -0.25) is 4.79 Å². The maximum Gasteiger partial charge on any atom is 0.320 e. The van der Waals surface area contributed by atoms with Gasteiger partial charge in [-0.05, 0) is 62.7 Å². The van der Waals surface area contributed by atoms with Gasteiger partial charge in [-0.1, -0.05) is 0 Å². The van der Waals surface area contributed by atoms with Crippen LogP contribution in [0.25, 0.3) is 0 Å². The number of methoxy groups -OCH3 is 1. The second-order valence-corrected chi connectivity index (χ2v) is 8.66. The van der Waals surface area contributed by atoms with Gasteiger partial charge in [0.1, 0.15) is 0 Å². The lowest BCUT2D eigenvalue weighted by Gasteiger charge is -2.60. The van der Waals surface area contributed by atoms with E-state index in [2.05, 4.69) is 9.80 Å². The number of fused-ring (bicyclic) bond motifs is 1. The average Bonchev–Trinajstić information content (AvgIpc) is 3.09. The van der Waals surface area contributed by atoms with E-state index in [1.165, 1.54) is 26.4 Å². The van der Waals surface area contributed by atoms with E-state index >= 15 is 0 Å². The highest BCUT2D eigenvalue weighted by Gasteiger charge is 2.61. The lowest BCUT2D eigenvalue weighted by atomic mass is 9.47. The van der Waals surface area contributed by atoms with Crippen LogP contribution in [0.2, 0.25) is 0 Å². The molecule has 2 amide bonds. The number of urea groups is 1. The summed E-state index contributed by atoms with van der Waals surface area (Å²) < 4.78 is 5.15. The molecule has 4 aliphatic carbocycles. The Labute approximate surface area is 137 Å². The number of esters is 1. The molecule has 3 atom stereocenters. The predicted molar refractivity (Wildman–Crippen MR) is 83.6 cm³/mol. The van der Waals surface area contributed by atoms with Crippen LogP contribution < -0.4 is 0 Å². The first-order valence-electron chi connectivity index (χ1n) is 9.27. The molecule has 23 heavy (non-hydrogen) atoms. The minimum absolute atomic E-state index is 0.00344. The minimum atomic E-state index is -0.235. The summed E-state index contributed by atoms with van der Waals surface area (Å²) in [6.45, 7) is 1.86. The molecule has 2 saturated heterocycles. The first kappa shape index (κ1) is 14.1. The van der Waals surface area contributed by atoms with Gasteiger partial charge in [-0.2, -0.15) is 0 Å². The van der Waals surface area contributed by atoms with E-state index in [1.807, 2.05) is 0 Å². The largest absolute Gasteiger partial charge is 0.469 e. The summed E-state index contributed by atoms with van der Waals surface area (Å²) in [6, 6.07) is 1.11. The van der Waals surface area contributed by atoms with Crippen LogP contribution in [0, 0.1) is 23.2 Å². The summed E-state index contributed by atoms with van der Waals surface area (Å²) in [5.41, 5.74) is -0.235. The maximum atomic E-state index is 12.8. The van der Waals surface area contributed by atoms with Gasteiger partial charge in [0.2, 0.25) is 0 Å². The molecule has 5 nitrogen and oxygen atoms in total. The molecule has 0 aromatic carbocycles. The van der Waals surface area contributed by atoms with Gasteiger partial charge in [0.15, 0.2) is 0 Å². The molecule has 4 bridgehead atoms. The third kappa shape index (κ3) is 1.79. The molecule has 2 heterocycles. The van der Waals surface area contributed by atoms with Crippen molar-refractivity contribution in [1.29, 1.82) is 0 Å². The SMILES string of the molecule is COC(=O)C12CC3CC(C1)C(N1CC4CCCN4C1=O)C(C3)C2. The first-order chi connectivity index (χ1) is 11.1. The summed E-state index contributed by atoms with van der Waals surface area (Å²) in [6.07, 6.45) is 7.62. The number of carbonyl (C=O) groups excluding carboxylic acids is 2. The summed E-state index contributed by atoms with van der Waals surface area (Å²) >= 11 is 0. The van der Waals surface area contributed by atoms with Gasteiger partial charge < -0.3 is 14.5 Å². The Morgan fingerprint density at radius 3 is 2.57 bits per heavy atom. The number of amides is 2. The van der Waals surface area contributed by atoms with Crippen LogP contribution in [0.15, 0.2) is 0 Å². The fourth-order valence-corrected chi connectivity index (χ4v) is 6.97. The zero-order chi connectivity index (χ0) is 15.8. The number of hydrogen-bond acceptors (Lipinski definition) is 3.